The van der Waals surface area contributed by atoms with Gasteiger partial charge in [0.05, 0.1) is 10.0 Å². The Labute approximate surface area is 100 Å². The molecule has 1 aromatic rings. The average molecular weight is 290 g/mol. The van der Waals surface area contributed by atoms with Gasteiger partial charge in [-0.25, -0.2) is 8.78 Å². The van der Waals surface area contributed by atoms with Crippen molar-refractivity contribution < 1.29 is 13.6 Å². The zero-order valence-electron chi connectivity index (χ0n) is 8.64. The van der Waals surface area contributed by atoms with Gasteiger partial charge in [-0.05, 0) is 40.9 Å². The van der Waals surface area contributed by atoms with Crippen molar-refractivity contribution in [3.05, 3.63) is 33.8 Å². The summed E-state index contributed by atoms with van der Waals surface area (Å²) in [7, 11) is 1.61. The quantitative estimate of drug-likeness (QED) is 0.767. The summed E-state index contributed by atoms with van der Waals surface area (Å²) >= 11 is 2.91. The molecule has 0 radical (unpaired) electrons. The van der Waals surface area contributed by atoms with E-state index in [4.69, 9.17) is 0 Å². The Morgan fingerprint density at radius 2 is 1.94 bits per heavy atom. The van der Waals surface area contributed by atoms with Crippen molar-refractivity contribution in [1.82, 2.24) is 4.90 Å². The fraction of sp³-hybridized carbons (Fsp3) is 0.364. The Morgan fingerprint density at radius 3 is 2.50 bits per heavy atom. The number of benzene rings is 1. The predicted octanol–water partition coefficient (Wildman–Crippen LogP) is 2.96. The minimum atomic E-state index is -0.703. The SMILES string of the molecule is CN(C(=O)c1c(F)ccc(F)c1Br)C1CC1. The standard InChI is InChI=1S/C11H10BrF2NO/c1-15(6-2-3-6)11(16)9-7(13)4-5-8(14)10(9)12/h4-6H,2-3H2,1H3. The van der Waals surface area contributed by atoms with Gasteiger partial charge in [-0.3, -0.25) is 4.79 Å². The van der Waals surface area contributed by atoms with Gasteiger partial charge in [0.15, 0.2) is 0 Å². The number of amides is 1. The molecule has 1 aromatic carbocycles. The molecule has 0 aliphatic heterocycles. The van der Waals surface area contributed by atoms with Crippen molar-refractivity contribution in [2.75, 3.05) is 7.05 Å². The zero-order valence-corrected chi connectivity index (χ0v) is 10.2. The molecule has 1 fully saturated rings. The molecule has 0 bridgehead atoms. The van der Waals surface area contributed by atoms with E-state index in [9.17, 15) is 13.6 Å². The second kappa shape index (κ2) is 4.13. The maximum atomic E-state index is 13.5. The van der Waals surface area contributed by atoms with Crippen LogP contribution in [-0.2, 0) is 0 Å². The topological polar surface area (TPSA) is 20.3 Å². The molecule has 0 atom stereocenters. The summed E-state index contributed by atoms with van der Waals surface area (Å²) in [5.41, 5.74) is -0.227. The molecule has 2 nitrogen and oxygen atoms in total. The molecule has 0 N–H and O–H groups in total. The van der Waals surface area contributed by atoms with E-state index < -0.39 is 17.5 Å². The summed E-state index contributed by atoms with van der Waals surface area (Å²) in [5.74, 6) is -1.81. The van der Waals surface area contributed by atoms with E-state index >= 15 is 0 Å². The van der Waals surface area contributed by atoms with E-state index in [1.165, 1.54) is 4.90 Å². The summed E-state index contributed by atoms with van der Waals surface area (Å²) < 4.78 is 26.6. The minimum Gasteiger partial charge on any atom is -0.339 e. The van der Waals surface area contributed by atoms with Crippen LogP contribution < -0.4 is 0 Å². The maximum Gasteiger partial charge on any atom is 0.258 e. The molecule has 86 valence electrons. The zero-order chi connectivity index (χ0) is 11.9. The van der Waals surface area contributed by atoms with E-state index in [2.05, 4.69) is 15.9 Å². The number of nitrogens with zero attached hydrogens (tertiary/aromatic N) is 1. The molecule has 0 heterocycles. The van der Waals surface area contributed by atoms with E-state index in [1.807, 2.05) is 0 Å². The molecule has 1 amide bonds. The van der Waals surface area contributed by atoms with Crippen molar-refractivity contribution >= 4 is 21.8 Å². The molecule has 16 heavy (non-hydrogen) atoms. The number of carbonyl (C=O) groups is 1. The largest absolute Gasteiger partial charge is 0.339 e. The monoisotopic (exact) mass is 289 g/mol. The van der Waals surface area contributed by atoms with Crippen LogP contribution >= 0.6 is 15.9 Å². The van der Waals surface area contributed by atoms with Crippen molar-refractivity contribution in [2.45, 2.75) is 18.9 Å². The van der Waals surface area contributed by atoms with Gasteiger partial charge in [-0.15, -0.1) is 0 Å². The Morgan fingerprint density at radius 1 is 1.38 bits per heavy atom. The lowest BCUT2D eigenvalue weighted by Crippen LogP contribution is -2.30. The van der Waals surface area contributed by atoms with Gasteiger partial charge in [0.2, 0.25) is 0 Å². The molecular weight excluding hydrogens is 280 g/mol. The van der Waals surface area contributed by atoms with Crippen LogP contribution in [0, 0.1) is 11.6 Å². The van der Waals surface area contributed by atoms with Gasteiger partial charge < -0.3 is 4.90 Å². The summed E-state index contributed by atoms with van der Waals surface area (Å²) in [6.45, 7) is 0. The third kappa shape index (κ3) is 1.96. The Bertz CT molecular complexity index is 446. The Balaban J connectivity index is 2.38. The third-order valence-electron chi connectivity index (χ3n) is 2.67. The highest BCUT2D eigenvalue weighted by Crippen LogP contribution is 2.30. The highest BCUT2D eigenvalue weighted by Gasteiger charge is 2.32. The lowest BCUT2D eigenvalue weighted by atomic mass is 10.2. The van der Waals surface area contributed by atoms with Crippen molar-refractivity contribution in [2.24, 2.45) is 0 Å². The van der Waals surface area contributed by atoms with Crippen LogP contribution in [0.15, 0.2) is 16.6 Å². The average Bonchev–Trinajstić information content (AvgIpc) is 3.06. The molecule has 1 saturated carbocycles. The Hall–Kier alpha value is -0.970. The molecule has 2 rings (SSSR count). The molecular formula is C11H10BrF2NO. The first kappa shape index (κ1) is 11.5. The molecule has 0 unspecified atom stereocenters. The van der Waals surface area contributed by atoms with Crippen LogP contribution in [0.5, 0.6) is 0 Å². The number of hydrogen-bond acceptors (Lipinski definition) is 1. The van der Waals surface area contributed by atoms with E-state index in [0.717, 1.165) is 25.0 Å². The highest BCUT2D eigenvalue weighted by atomic mass is 79.9. The van der Waals surface area contributed by atoms with Crippen LogP contribution in [0.2, 0.25) is 0 Å². The van der Waals surface area contributed by atoms with Gasteiger partial charge in [0, 0.05) is 13.1 Å². The first-order valence-electron chi connectivity index (χ1n) is 4.93. The third-order valence-corrected chi connectivity index (χ3v) is 3.45. The maximum absolute atomic E-state index is 13.5. The van der Waals surface area contributed by atoms with Crippen LogP contribution in [0.25, 0.3) is 0 Å². The van der Waals surface area contributed by atoms with E-state index in [1.54, 1.807) is 7.05 Å². The van der Waals surface area contributed by atoms with Crippen molar-refractivity contribution in [1.29, 1.82) is 0 Å². The summed E-state index contributed by atoms with van der Waals surface area (Å²) in [5, 5.41) is 0. The van der Waals surface area contributed by atoms with Crippen molar-refractivity contribution in [3.8, 4) is 0 Å². The summed E-state index contributed by atoms with van der Waals surface area (Å²) in [6, 6.07) is 2.13. The fourth-order valence-corrected chi connectivity index (χ4v) is 2.02. The second-order valence-corrected chi connectivity index (χ2v) is 4.66. The number of rotatable bonds is 2. The molecule has 5 heteroatoms. The van der Waals surface area contributed by atoms with Crippen molar-refractivity contribution in [3.63, 3.8) is 0 Å². The van der Waals surface area contributed by atoms with Gasteiger partial charge in [-0.2, -0.15) is 0 Å². The minimum absolute atomic E-state index is 0.106. The van der Waals surface area contributed by atoms with E-state index in [-0.39, 0.29) is 16.1 Å². The lowest BCUT2D eigenvalue weighted by molar-refractivity contribution is 0.0779. The number of halogens is 3. The van der Waals surface area contributed by atoms with Gasteiger partial charge in [0.1, 0.15) is 11.6 Å². The van der Waals surface area contributed by atoms with Crippen LogP contribution in [0.4, 0.5) is 8.78 Å². The molecule has 1 aliphatic carbocycles. The molecule has 0 aromatic heterocycles. The van der Waals surface area contributed by atoms with Gasteiger partial charge >= 0.3 is 0 Å². The summed E-state index contributed by atoms with van der Waals surface area (Å²) in [6.07, 6.45) is 1.85. The van der Waals surface area contributed by atoms with Crippen LogP contribution in [0.3, 0.4) is 0 Å². The molecule has 1 aliphatic rings. The smallest absolute Gasteiger partial charge is 0.258 e. The Kier molecular flexibility index (Phi) is 2.97. The first-order valence-corrected chi connectivity index (χ1v) is 5.72. The molecule has 0 saturated heterocycles. The lowest BCUT2D eigenvalue weighted by Gasteiger charge is -2.17. The summed E-state index contributed by atoms with van der Waals surface area (Å²) in [4.78, 5) is 13.4. The fourth-order valence-electron chi connectivity index (χ4n) is 1.53. The number of hydrogen-bond donors (Lipinski definition) is 0. The number of carbonyl (C=O) groups excluding carboxylic acids is 1. The van der Waals surface area contributed by atoms with Gasteiger partial charge in [-0.1, -0.05) is 0 Å². The van der Waals surface area contributed by atoms with Gasteiger partial charge in [0.25, 0.3) is 5.91 Å². The van der Waals surface area contributed by atoms with E-state index in [0.29, 0.717) is 0 Å². The highest BCUT2D eigenvalue weighted by molar-refractivity contribution is 9.10. The second-order valence-electron chi connectivity index (χ2n) is 3.87. The first-order chi connectivity index (χ1) is 7.52. The van der Waals surface area contributed by atoms with Crippen LogP contribution in [0.1, 0.15) is 23.2 Å². The normalized spacial score (nSPS) is 15.0. The molecule has 0 spiro atoms. The predicted molar refractivity (Wildman–Crippen MR) is 59.2 cm³/mol. The van der Waals surface area contributed by atoms with Crippen LogP contribution in [-0.4, -0.2) is 23.9 Å².